The van der Waals surface area contributed by atoms with Gasteiger partial charge < -0.3 is 11.1 Å². The van der Waals surface area contributed by atoms with Gasteiger partial charge in [-0.2, -0.15) is 18.3 Å². The highest BCUT2D eigenvalue weighted by Gasteiger charge is 2.29. The van der Waals surface area contributed by atoms with Gasteiger partial charge in [0.15, 0.2) is 0 Å². The molecule has 0 saturated carbocycles. The van der Waals surface area contributed by atoms with Crippen molar-refractivity contribution in [1.29, 1.82) is 0 Å². The number of aryl methyl sites for hydroxylation is 1. The molecule has 3 N–H and O–H groups in total. The molecule has 0 fully saturated rings. The first-order valence-electron chi connectivity index (χ1n) is 4.38. The normalized spacial score (nSPS) is 13.6. The van der Waals surface area contributed by atoms with Gasteiger partial charge in [0.25, 0.3) is 0 Å². The van der Waals surface area contributed by atoms with Crippen molar-refractivity contribution in [3.05, 3.63) is 18.0 Å². The van der Waals surface area contributed by atoms with Crippen molar-refractivity contribution in [3.8, 4) is 0 Å². The lowest BCUT2D eigenvalue weighted by molar-refractivity contribution is -0.139. The van der Waals surface area contributed by atoms with Crippen molar-refractivity contribution < 1.29 is 18.0 Å². The zero-order valence-electron chi connectivity index (χ0n) is 8.45. The van der Waals surface area contributed by atoms with Crippen molar-refractivity contribution >= 4 is 5.91 Å². The van der Waals surface area contributed by atoms with Crippen LogP contribution in [0.1, 0.15) is 11.6 Å². The first kappa shape index (κ1) is 12.5. The molecule has 1 atom stereocenters. The number of hydrogen-bond acceptors (Lipinski definition) is 3. The molecule has 1 aromatic heterocycles. The summed E-state index contributed by atoms with van der Waals surface area (Å²) >= 11 is 0. The van der Waals surface area contributed by atoms with Crippen LogP contribution in [0.4, 0.5) is 13.2 Å². The number of nitrogens with one attached hydrogen (secondary N) is 1. The van der Waals surface area contributed by atoms with Gasteiger partial charge >= 0.3 is 6.18 Å². The van der Waals surface area contributed by atoms with E-state index in [4.69, 9.17) is 5.73 Å². The predicted octanol–water partition coefficient (Wildman–Crippen LogP) is 0.0984. The van der Waals surface area contributed by atoms with Crippen molar-refractivity contribution in [2.45, 2.75) is 12.2 Å². The van der Waals surface area contributed by atoms with Crippen LogP contribution < -0.4 is 11.1 Å². The molecule has 1 unspecified atom stereocenters. The molecule has 0 aliphatic heterocycles. The molecule has 0 aromatic carbocycles. The minimum atomic E-state index is -4.44. The molecule has 8 heteroatoms. The van der Waals surface area contributed by atoms with Gasteiger partial charge in [0.2, 0.25) is 5.91 Å². The molecule has 1 amide bonds. The molecule has 1 heterocycles. The Labute approximate surface area is 89.4 Å². The van der Waals surface area contributed by atoms with Crippen LogP contribution in [0.25, 0.3) is 0 Å². The number of halogens is 3. The summed E-state index contributed by atoms with van der Waals surface area (Å²) in [6.45, 7) is -1.39. The Morgan fingerprint density at radius 2 is 2.31 bits per heavy atom. The van der Waals surface area contributed by atoms with E-state index in [9.17, 15) is 18.0 Å². The fourth-order valence-corrected chi connectivity index (χ4v) is 1.05. The van der Waals surface area contributed by atoms with E-state index in [0.717, 1.165) is 0 Å². The Morgan fingerprint density at radius 3 is 2.75 bits per heavy atom. The van der Waals surface area contributed by atoms with Gasteiger partial charge in [-0.15, -0.1) is 0 Å². The summed E-state index contributed by atoms with van der Waals surface area (Å²) in [4.78, 5) is 11.2. The van der Waals surface area contributed by atoms with Crippen LogP contribution in [0.3, 0.4) is 0 Å². The van der Waals surface area contributed by atoms with E-state index in [-0.39, 0.29) is 0 Å². The summed E-state index contributed by atoms with van der Waals surface area (Å²) in [5.74, 6) is -0.884. The summed E-state index contributed by atoms with van der Waals surface area (Å²) in [5, 5.41) is 5.47. The third kappa shape index (κ3) is 3.54. The molecule has 0 aliphatic rings. The summed E-state index contributed by atoms with van der Waals surface area (Å²) in [6.07, 6.45) is -1.64. The van der Waals surface area contributed by atoms with Crippen LogP contribution >= 0.6 is 0 Å². The number of rotatable bonds is 3. The van der Waals surface area contributed by atoms with E-state index < -0.39 is 24.7 Å². The van der Waals surface area contributed by atoms with Crippen molar-refractivity contribution in [1.82, 2.24) is 15.1 Å². The van der Waals surface area contributed by atoms with Crippen LogP contribution in [0, 0.1) is 0 Å². The Balaban J connectivity index is 2.55. The average Bonchev–Trinajstić information content (AvgIpc) is 2.59. The zero-order chi connectivity index (χ0) is 12.3. The maximum atomic E-state index is 11.8. The fourth-order valence-electron chi connectivity index (χ4n) is 1.05. The molecule has 5 nitrogen and oxygen atoms in total. The molecule has 1 rings (SSSR count). The number of nitrogens with zero attached hydrogens (tertiary/aromatic N) is 2. The van der Waals surface area contributed by atoms with E-state index >= 15 is 0 Å². The van der Waals surface area contributed by atoms with Crippen LogP contribution in [-0.2, 0) is 11.8 Å². The number of aromatic nitrogens is 2. The van der Waals surface area contributed by atoms with Crippen LogP contribution in [-0.4, -0.2) is 28.4 Å². The molecule has 0 saturated heterocycles. The lowest BCUT2D eigenvalue weighted by Crippen LogP contribution is -2.39. The van der Waals surface area contributed by atoms with Gasteiger partial charge in [-0.1, -0.05) is 0 Å². The summed E-state index contributed by atoms with van der Waals surface area (Å²) < 4.78 is 36.9. The molecule has 1 aromatic rings. The van der Waals surface area contributed by atoms with E-state index in [1.165, 1.54) is 17.1 Å². The second-order valence-corrected chi connectivity index (χ2v) is 3.26. The van der Waals surface area contributed by atoms with Gasteiger partial charge in [0, 0.05) is 18.8 Å². The monoisotopic (exact) mass is 236 g/mol. The first-order valence-corrected chi connectivity index (χ1v) is 4.38. The van der Waals surface area contributed by atoms with E-state index in [1.54, 1.807) is 12.4 Å². The minimum absolute atomic E-state index is 0.363. The predicted molar refractivity (Wildman–Crippen MR) is 49.2 cm³/mol. The standard InChI is InChI=1S/C8H11F3N4O/c1-15-3-5(2-14-15)6(12)7(16)13-4-8(9,10)11/h2-3,6H,4,12H2,1H3,(H,13,16). The van der Waals surface area contributed by atoms with Crippen molar-refractivity contribution in [3.63, 3.8) is 0 Å². The number of carbonyl (C=O) groups is 1. The SMILES string of the molecule is Cn1cc(C(N)C(=O)NCC(F)(F)F)cn1. The maximum absolute atomic E-state index is 11.8. The Kier molecular flexibility index (Phi) is 3.53. The zero-order valence-corrected chi connectivity index (χ0v) is 8.45. The summed E-state index contributed by atoms with van der Waals surface area (Å²) in [7, 11) is 1.61. The van der Waals surface area contributed by atoms with Crippen LogP contribution in [0.15, 0.2) is 12.4 Å². The Morgan fingerprint density at radius 1 is 1.69 bits per heavy atom. The van der Waals surface area contributed by atoms with Crippen molar-refractivity contribution in [2.24, 2.45) is 12.8 Å². The van der Waals surface area contributed by atoms with E-state index in [1.807, 2.05) is 0 Å². The average molecular weight is 236 g/mol. The molecular formula is C8H11F3N4O. The largest absolute Gasteiger partial charge is 0.405 e. The fraction of sp³-hybridized carbons (Fsp3) is 0.500. The maximum Gasteiger partial charge on any atom is 0.405 e. The lowest BCUT2D eigenvalue weighted by Gasteiger charge is -2.12. The molecule has 0 spiro atoms. The molecule has 90 valence electrons. The summed E-state index contributed by atoms with van der Waals surface area (Å²) in [6, 6.07) is -1.14. The highest BCUT2D eigenvalue weighted by atomic mass is 19.4. The van der Waals surface area contributed by atoms with Crippen molar-refractivity contribution in [2.75, 3.05) is 6.54 Å². The number of alkyl halides is 3. The molecule has 16 heavy (non-hydrogen) atoms. The van der Waals surface area contributed by atoms with Gasteiger partial charge in [-0.05, 0) is 0 Å². The molecular weight excluding hydrogens is 225 g/mol. The number of carbonyl (C=O) groups excluding carboxylic acids is 1. The smallest absolute Gasteiger partial charge is 0.345 e. The van der Waals surface area contributed by atoms with Crippen LogP contribution in [0.2, 0.25) is 0 Å². The van der Waals surface area contributed by atoms with E-state index in [2.05, 4.69) is 5.10 Å². The quantitative estimate of drug-likeness (QED) is 0.781. The molecule has 0 radical (unpaired) electrons. The summed E-state index contributed by atoms with van der Waals surface area (Å²) in [5.41, 5.74) is 5.81. The highest BCUT2D eigenvalue weighted by Crippen LogP contribution is 2.13. The molecule has 0 aliphatic carbocycles. The third-order valence-corrected chi connectivity index (χ3v) is 1.83. The second kappa shape index (κ2) is 4.52. The van der Waals surface area contributed by atoms with Gasteiger partial charge in [0.05, 0.1) is 6.20 Å². The Hall–Kier alpha value is -1.57. The first-order chi connectivity index (χ1) is 7.29. The second-order valence-electron chi connectivity index (χ2n) is 3.26. The lowest BCUT2D eigenvalue weighted by atomic mass is 10.1. The van der Waals surface area contributed by atoms with Gasteiger partial charge in [-0.3, -0.25) is 9.48 Å². The number of amides is 1. The van der Waals surface area contributed by atoms with Crippen LogP contribution in [0.5, 0.6) is 0 Å². The number of nitrogens with two attached hydrogens (primary N) is 1. The minimum Gasteiger partial charge on any atom is -0.345 e. The highest BCUT2D eigenvalue weighted by molar-refractivity contribution is 5.82. The van der Waals surface area contributed by atoms with Gasteiger partial charge in [-0.25, -0.2) is 0 Å². The Bertz CT molecular complexity index is 374. The van der Waals surface area contributed by atoms with Gasteiger partial charge in [0.1, 0.15) is 12.6 Å². The molecule has 0 bridgehead atoms. The third-order valence-electron chi connectivity index (χ3n) is 1.83. The van der Waals surface area contributed by atoms with E-state index in [0.29, 0.717) is 5.56 Å². The number of hydrogen-bond donors (Lipinski definition) is 2. The topological polar surface area (TPSA) is 72.9 Å².